The van der Waals surface area contributed by atoms with Crippen molar-refractivity contribution in [3.8, 4) is 0 Å². The smallest absolute Gasteiger partial charge is 0.151 e. The summed E-state index contributed by atoms with van der Waals surface area (Å²) in [6.07, 6.45) is 0.215. The van der Waals surface area contributed by atoms with Gasteiger partial charge in [0.05, 0.1) is 0 Å². The van der Waals surface area contributed by atoms with E-state index in [0.29, 0.717) is 6.42 Å². The third-order valence-corrected chi connectivity index (χ3v) is 0.547. The minimum Gasteiger partial charge on any atom is -0.368 e. The van der Waals surface area contributed by atoms with Crippen LogP contribution in [0.4, 0.5) is 0 Å². The summed E-state index contributed by atoms with van der Waals surface area (Å²) in [4.78, 5) is 0. The minimum absolute atomic E-state index is 0. The number of aliphatic hydroxyl groups is 2. The molecular weight excluding hydrogens is 202 g/mol. The monoisotopic (exact) mass is 211 g/mol. The molecule has 0 atom stereocenters. The second-order valence-electron chi connectivity index (χ2n) is 1.27. The molecule has 0 aromatic carbocycles. The zero-order chi connectivity index (χ0) is 4.99. The van der Waals surface area contributed by atoms with Crippen LogP contribution in [0.25, 0.3) is 0 Å². The zero-order valence-corrected chi connectivity index (χ0v) is 6.89. The third kappa shape index (κ3) is 10.8. The van der Waals surface area contributed by atoms with Crippen LogP contribution in [0.2, 0.25) is 0 Å². The molecule has 0 spiro atoms. The molecule has 0 amide bonds. The van der Waals surface area contributed by atoms with Gasteiger partial charge in [-0.25, -0.2) is 0 Å². The summed E-state index contributed by atoms with van der Waals surface area (Å²) in [6.45, 7) is 1.90. The molecule has 3 radical (unpaired) electrons. The molecule has 0 aliphatic carbocycles. The van der Waals surface area contributed by atoms with Crippen LogP contribution >= 0.6 is 0 Å². The molecule has 0 saturated heterocycles. The average Bonchev–Trinajstić information content (AvgIpc) is 1.35. The molecule has 2 N–H and O–H groups in total. The maximum absolute atomic E-state index is 8.11. The van der Waals surface area contributed by atoms with E-state index in [2.05, 4.69) is 0 Å². The third-order valence-electron chi connectivity index (χ3n) is 0.547. The average molecular weight is 212 g/mol. The first-order valence-electron chi connectivity index (χ1n) is 2.13. The second-order valence-corrected chi connectivity index (χ2v) is 1.27. The van der Waals surface area contributed by atoms with Crippen LogP contribution in [-0.4, -0.2) is 40.9 Å². The van der Waals surface area contributed by atoms with Gasteiger partial charge in [0.2, 0.25) is 0 Å². The van der Waals surface area contributed by atoms with Gasteiger partial charge in [-0.15, -0.1) is 0 Å². The predicted molar refractivity (Wildman–Crippen MR) is 28.9 cm³/mol. The minimum atomic E-state index is -1.10. The van der Waals surface area contributed by atoms with E-state index in [0.717, 1.165) is 6.42 Å². The van der Waals surface area contributed by atoms with Crippen LogP contribution in [0.3, 0.4) is 0 Å². The number of aliphatic hydroxyl groups excluding tert-OH is 1. The normalized spacial score (nSPS) is 8.57. The van der Waals surface area contributed by atoms with Crippen molar-refractivity contribution in [2.75, 3.05) is 0 Å². The van der Waals surface area contributed by atoms with Crippen LogP contribution in [0.1, 0.15) is 19.8 Å². The number of hydrogen-bond acceptors (Lipinski definition) is 2. The van der Waals surface area contributed by atoms with E-state index >= 15 is 0 Å². The van der Waals surface area contributed by atoms with E-state index in [1.807, 2.05) is 6.92 Å². The van der Waals surface area contributed by atoms with Crippen LogP contribution < -0.4 is 0 Å². The van der Waals surface area contributed by atoms with Crippen molar-refractivity contribution in [3.05, 3.63) is 0 Å². The Bertz CT molecular complexity index is 30.9. The Morgan fingerprint density at radius 2 is 1.86 bits per heavy atom. The Balaban J connectivity index is 0. The maximum Gasteiger partial charge on any atom is 0.151 e. The van der Waals surface area contributed by atoms with Crippen molar-refractivity contribution in [1.82, 2.24) is 0 Å². The van der Waals surface area contributed by atoms with E-state index in [-0.39, 0.29) is 24.4 Å². The fourth-order valence-corrected chi connectivity index (χ4v) is 0.258. The number of rotatable bonds is 2. The SMILES string of the molecule is CCCC(O)O.[Sb]. The maximum atomic E-state index is 8.11. The van der Waals surface area contributed by atoms with Gasteiger partial charge in [-0.05, 0) is 6.42 Å². The molecule has 2 nitrogen and oxygen atoms in total. The van der Waals surface area contributed by atoms with Crippen LogP contribution in [-0.2, 0) is 0 Å². The van der Waals surface area contributed by atoms with Crippen molar-refractivity contribution >= 4 is 24.4 Å². The van der Waals surface area contributed by atoms with Gasteiger partial charge in [0.1, 0.15) is 0 Å². The molecule has 0 aliphatic heterocycles. The summed E-state index contributed by atoms with van der Waals surface area (Å²) in [6, 6.07) is 0. The summed E-state index contributed by atoms with van der Waals surface area (Å²) >= 11 is 0. The van der Waals surface area contributed by atoms with Crippen LogP contribution in [0.15, 0.2) is 0 Å². The van der Waals surface area contributed by atoms with E-state index < -0.39 is 6.29 Å². The number of hydrogen-bond donors (Lipinski definition) is 2. The predicted octanol–water partition coefficient (Wildman–Crippen LogP) is -0.284. The molecule has 0 bridgehead atoms. The Labute approximate surface area is 61.0 Å². The van der Waals surface area contributed by atoms with Gasteiger partial charge in [-0.2, -0.15) is 0 Å². The van der Waals surface area contributed by atoms with E-state index in [4.69, 9.17) is 10.2 Å². The summed E-state index contributed by atoms with van der Waals surface area (Å²) in [7, 11) is 0. The molecular formula is C4H10O2Sb. The topological polar surface area (TPSA) is 40.5 Å². The zero-order valence-electron chi connectivity index (χ0n) is 4.33. The van der Waals surface area contributed by atoms with Crippen LogP contribution in [0, 0.1) is 0 Å². The summed E-state index contributed by atoms with van der Waals surface area (Å²) in [5.41, 5.74) is 0. The van der Waals surface area contributed by atoms with Gasteiger partial charge < -0.3 is 10.2 Å². The first kappa shape index (κ1) is 10.7. The molecule has 0 aliphatic rings. The standard InChI is InChI=1S/C4H10O2.Sb/c1-2-3-4(5)6;/h4-6H,2-3H2,1H3;. The molecule has 43 valence electrons. The van der Waals surface area contributed by atoms with Gasteiger partial charge in [0.15, 0.2) is 6.29 Å². The van der Waals surface area contributed by atoms with E-state index in [1.165, 1.54) is 0 Å². The Morgan fingerprint density at radius 1 is 1.43 bits per heavy atom. The van der Waals surface area contributed by atoms with Crippen molar-refractivity contribution < 1.29 is 10.2 Å². The molecule has 0 saturated carbocycles. The summed E-state index contributed by atoms with van der Waals surface area (Å²) < 4.78 is 0. The van der Waals surface area contributed by atoms with Crippen molar-refractivity contribution in [1.29, 1.82) is 0 Å². The summed E-state index contributed by atoms with van der Waals surface area (Å²) in [5.74, 6) is 0. The Morgan fingerprint density at radius 3 is 1.86 bits per heavy atom. The Kier molecular flexibility index (Phi) is 10.3. The van der Waals surface area contributed by atoms with Gasteiger partial charge in [-0.1, -0.05) is 13.3 Å². The molecule has 0 fully saturated rings. The van der Waals surface area contributed by atoms with Crippen LogP contribution in [0.5, 0.6) is 0 Å². The molecule has 0 heterocycles. The molecule has 0 unspecified atom stereocenters. The fraction of sp³-hybridized carbons (Fsp3) is 1.00. The largest absolute Gasteiger partial charge is 0.368 e. The first-order valence-corrected chi connectivity index (χ1v) is 2.13. The van der Waals surface area contributed by atoms with Crippen molar-refractivity contribution in [3.63, 3.8) is 0 Å². The molecule has 0 aromatic rings. The van der Waals surface area contributed by atoms with Gasteiger partial charge >= 0.3 is 0 Å². The quantitative estimate of drug-likeness (QED) is 0.488. The molecule has 0 aromatic heterocycles. The molecule has 0 rings (SSSR count). The van der Waals surface area contributed by atoms with Gasteiger partial charge in [0, 0.05) is 24.4 Å². The van der Waals surface area contributed by atoms with E-state index in [1.54, 1.807) is 0 Å². The molecule has 3 heteroatoms. The first-order chi connectivity index (χ1) is 2.77. The second kappa shape index (κ2) is 6.74. The van der Waals surface area contributed by atoms with Crippen molar-refractivity contribution in [2.24, 2.45) is 0 Å². The Hall–Kier alpha value is 0.738. The van der Waals surface area contributed by atoms with Gasteiger partial charge in [0.25, 0.3) is 0 Å². The van der Waals surface area contributed by atoms with Gasteiger partial charge in [-0.3, -0.25) is 0 Å². The van der Waals surface area contributed by atoms with E-state index in [9.17, 15) is 0 Å². The van der Waals surface area contributed by atoms with Crippen molar-refractivity contribution in [2.45, 2.75) is 26.1 Å². The fourth-order valence-electron chi connectivity index (χ4n) is 0.258. The molecule has 7 heavy (non-hydrogen) atoms. The summed E-state index contributed by atoms with van der Waals surface area (Å²) in [5, 5.41) is 16.2.